The van der Waals surface area contributed by atoms with E-state index in [0.717, 1.165) is 0 Å². The van der Waals surface area contributed by atoms with E-state index < -0.39 is 23.5 Å². The minimum absolute atomic E-state index is 0.0809. The standard InChI is InChI=1S/C12H22N2O4/c1-8(11(17)18-12(3,4)5)13-10(16)7-14(6)9(2)15/h8H,7H2,1-6H3,(H,13,16)/t8-/m1/s1. The van der Waals surface area contributed by atoms with Crippen LogP contribution in [0.3, 0.4) is 0 Å². The van der Waals surface area contributed by atoms with Gasteiger partial charge in [0.05, 0.1) is 6.54 Å². The Bertz CT molecular complexity index is 333. The van der Waals surface area contributed by atoms with Crippen molar-refractivity contribution >= 4 is 17.8 Å². The van der Waals surface area contributed by atoms with Crippen LogP contribution in [0.5, 0.6) is 0 Å². The highest BCUT2D eigenvalue weighted by Crippen LogP contribution is 2.08. The van der Waals surface area contributed by atoms with Gasteiger partial charge in [0, 0.05) is 14.0 Å². The Morgan fingerprint density at radius 3 is 2.17 bits per heavy atom. The van der Waals surface area contributed by atoms with Gasteiger partial charge in [0.25, 0.3) is 0 Å². The molecule has 0 fully saturated rings. The first-order valence-electron chi connectivity index (χ1n) is 5.77. The number of ether oxygens (including phenoxy) is 1. The zero-order valence-corrected chi connectivity index (χ0v) is 11.9. The SMILES string of the molecule is CC(=O)N(C)CC(=O)N[C@H](C)C(=O)OC(C)(C)C. The normalized spacial score (nSPS) is 12.6. The summed E-state index contributed by atoms with van der Waals surface area (Å²) in [5.41, 5.74) is -0.591. The third-order valence-corrected chi connectivity index (χ3v) is 2.06. The molecule has 0 heterocycles. The molecule has 0 aliphatic heterocycles. The molecule has 0 aromatic heterocycles. The smallest absolute Gasteiger partial charge is 0.328 e. The van der Waals surface area contributed by atoms with Gasteiger partial charge in [-0.3, -0.25) is 9.59 Å². The lowest BCUT2D eigenvalue weighted by atomic mass is 10.2. The molecule has 0 bridgehead atoms. The Morgan fingerprint density at radius 1 is 1.28 bits per heavy atom. The number of nitrogens with zero attached hydrogens (tertiary/aromatic N) is 1. The number of hydrogen-bond donors (Lipinski definition) is 1. The molecule has 0 spiro atoms. The van der Waals surface area contributed by atoms with Crippen LogP contribution in [-0.2, 0) is 19.1 Å². The third kappa shape index (κ3) is 6.88. The number of hydrogen-bond acceptors (Lipinski definition) is 4. The van der Waals surface area contributed by atoms with Gasteiger partial charge in [-0.2, -0.15) is 0 Å². The molecular formula is C12H22N2O4. The van der Waals surface area contributed by atoms with E-state index in [1.165, 1.54) is 18.9 Å². The van der Waals surface area contributed by atoms with Crippen molar-refractivity contribution in [3.63, 3.8) is 0 Å². The van der Waals surface area contributed by atoms with Crippen LogP contribution in [-0.4, -0.2) is 47.9 Å². The molecule has 0 aliphatic rings. The Labute approximate surface area is 108 Å². The molecule has 2 amide bonds. The highest BCUT2D eigenvalue weighted by atomic mass is 16.6. The lowest BCUT2D eigenvalue weighted by Crippen LogP contribution is -2.46. The second kappa shape index (κ2) is 6.37. The molecule has 1 N–H and O–H groups in total. The second-order valence-electron chi connectivity index (χ2n) is 5.20. The summed E-state index contributed by atoms with van der Waals surface area (Å²) >= 11 is 0. The van der Waals surface area contributed by atoms with Crippen LogP contribution >= 0.6 is 0 Å². The van der Waals surface area contributed by atoms with Crippen molar-refractivity contribution in [2.75, 3.05) is 13.6 Å². The van der Waals surface area contributed by atoms with Gasteiger partial charge in [-0.1, -0.05) is 0 Å². The zero-order chi connectivity index (χ0) is 14.5. The summed E-state index contributed by atoms with van der Waals surface area (Å²) in [6.45, 7) is 8.09. The van der Waals surface area contributed by atoms with Gasteiger partial charge < -0.3 is 15.0 Å². The molecule has 18 heavy (non-hydrogen) atoms. The van der Waals surface area contributed by atoms with Gasteiger partial charge in [0.1, 0.15) is 11.6 Å². The van der Waals surface area contributed by atoms with E-state index in [1.807, 2.05) is 0 Å². The van der Waals surface area contributed by atoms with Crippen LogP contribution in [0.1, 0.15) is 34.6 Å². The monoisotopic (exact) mass is 258 g/mol. The van der Waals surface area contributed by atoms with Gasteiger partial charge >= 0.3 is 5.97 Å². The summed E-state index contributed by atoms with van der Waals surface area (Å²) in [5.74, 6) is -1.11. The largest absolute Gasteiger partial charge is 0.458 e. The lowest BCUT2D eigenvalue weighted by molar-refractivity contribution is -0.158. The van der Waals surface area contributed by atoms with Crippen LogP contribution in [0.15, 0.2) is 0 Å². The number of esters is 1. The molecule has 6 nitrogen and oxygen atoms in total. The second-order valence-corrected chi connectivity index (χ2v) is 5.20. The van der Waals surface area contributed by atoms with Gasteiger partial charge in [0.15, 0.2) is 0 Å². The van der Waals surface area contributed by atoms with Crippen molar-refractivity contribution in [1.82, 2.24) is 10.2 Å². The van der Waals surface area contributed by atoms with E-state index in [1.54, 1.807) is 27.7 Å². The van der Waals surface area contributed by atoms with Crippen molar-refractivity contribution < 1.29 is 19.1 Å². The highest BCUT2D eigenvalue weighted by molar-refractivity contribution is 5.87. The fourth-order valence-electron chi connectivity index (χ4n) is 1.06. The van der Waals surface area contributed by atoms with E-state index in [-0.39, 0.29) is 12.5 Å². The van der Waals surface area contributed by atoms with E-state index in [2.05, 4.69) is 5.32 Å². The zero-order valence-electron chi connectivity index (χ0n) is 11.9. The molecule has 0 aliphatic carbocycles. The molecule has 0 rings (SSSR count). The van der Waals surface area contributed by atoms with Gasteiger partial charge in [0.2, 0.25) is 11.8 Å². The molecule has 0 unspecified atom stereocenters. The molecule has 0 saturated carbocycles. The Balaban J connectivity index is 4.23. The van der Waals surface area contributed by atoms with Crippen LogP contribution < -0.4 is 5.32 Å². The molecule has 6 heteroatoms. The maximum atomic E-state index is 11.6. The number of carbonyl (C=O) groups excluding carboxylic acids is 3. The number of likely N-dealkylation sites (N-methyl/N-ethyl adjacent to an activating group) is 1. The summed E-state index contributed by atoms with van der Waals surface area (Å²) in [5, 5.41) is 2.48. The number of nitrogens with one attached hydrogen (secondary N) is 1. The van der Waals surface area contributed by atoms with Crippen LogP contribution in [0.25, 0.3) is 0 Å². The maximum absolute atomic E-state index is 11.6. The van der Waals surface area contributed by atoms with Crippen molar-refractivity contribution in [1.29, 1.82) is 0 Å². The first kappa shape index (κ1) is 16.4. The van der Waals surface area contributed by atoms with Gasteiger partial charge in [-0.05, 0) is 27.7 Å². The minimum atomic E-state index is -0.739. The van der Waals surface area contributed by atoms with Crippen molar-refractivity contribution in [2.45, 2.75) is 46.3 Å². The Hall–Kier alpha value is -1.59. The van der Waals surface area contributed by atoms with E-state index in [0.29, 0.717) is 0 Å². The lowest BCUT2D eigenvalue weighted by Gasteiger charge is -2.23. The van der Waals surface area contributed by atoms with E-state index >= 15 is 0 Å². The molecule has 0 aromatic rings. The molecule has 0 radical (unpaired) electrons. The molecule has 104 valence electrons. The van der Waals surface area contributed by atoms with Crippen molar-refractivity contribution in [3.05, 3.63) is 0 Å². The third-order valence-electron chi connectivity index (χ3n) is 2.06. The summed E-state index contributed by atoms with van der Waals surface area (Å²) in [4.78, 5) is 35.3. The molecular weight excluding hydrogens is 236 g/mol. The average molecular weight is 258 g/mol. The number of carbonyl (C=O) groups is 3. The van der Waals surface area contributed by atoms with Crippen LogP contribution in [0.4, 0.5) is 0 Å². The maximum Gasteiger partial charge on any atom is 0.328 e. The van der Waals surface area contributed by atoms with Crippen LogP contribution in [0.2, 0.25) is 0 Å². The predicted octanol–water partition coefficient (Wildman–Crippen LogP) is 0.311. The molecule has 1 atom stereocenters. The van der Waals surface area contributed by atoms with Crippen LogP contribution in [0, 0.1) is 0 Å². The summed E-state index contributed by atoms with van der Waals surface area (Å²) in [6, 6.07) is -0.739. The average Bonchev–Trinajstić information content (AvgIpc) is 2.14. The van der Waals surface area contributed by atoms with E-state index in [9.17, 15) is 14.4 Å². The fourth-order valence-corrected chi connectivity index (χ4v) is 1.06. The topological polar surface area (TPSA) is 75.7 Å². The number of rotatable bonds is 4. The number of amides is 2. The predicted molar refractivity (Wildman–Crippen MR) is 66.8 cm³/mol. The van der Waals surface area contributed by atoms with Crippen molar-refractivity contribution in [2.24, 2.45) is 0 Å². The molecule has 0 saturated heterocycles. The Morgan fingerprint density at radius 2 is 1.78 bits per heavy atom. The van der Waals surface area contributed by atoms with Crippen molar-refractivity contribution in [3.8, 4) is 0 Å². The van der Waals surface area contributed by atoms with Gasteiger partial charge in [-0.25, -0.2) is 4.79 Å². The minimum Gasteiger partial charge on any atom is -0.458 e. The summed E-state index contributed by atoms with van der Waals surface area (Å²) in [6.07, 6.45) is 0. The first-order chi connectivity index (χ1) is 8.03. The first-order valence-corrected chi connectivity index (χ1v) is 5.77. The quantitative estimate of drug-likeness (QED) is 0.736. The highest BCUT2D eigenvalue weighted by Gasteiger charge is 2.23. The Kier molecular flexibility index (Phi) is 5.81. The summed E-state index contributed by atoms with van der Waals surface area (Å²) in [7, 11) is 1.51. The fraction of sp³-hybridized carbons (Fsp3) is 0.750. The summed E-state index contributed by atoms with van der Waals surface area (Å²) < 4.78 is 5.12. The van der Waals surface area contributed by atoms with E-state index in [4.69, 9.17) is 4.74 Å². The molecule has 0 aromatic carbocycles. The van der Waals surface area contributed by atoms with Gasteiger partial charge in [-0.15, -0.1) is 0 Å².